The normalized spacial score (nSPS) is 15.8. The lowest BCUT2D eigenvalue weighted by Crippen LogP contribution is -2.49. The number of thiophene rings is 1. The number of amides is 2. The molecule has 0 atom stereocenters. The second-order valence-corrected chi connectivity index (χ2v) is 11.6. The minimum absolute atomic E-state index is 0.129. The number of hydrogen-bond acceptors (Lipinski definition) is 5. The summed E-state index contributed by atoms with van der Waals surface area (Å²) in [5, 5.41) is 4.71. The van der Waals surface area contributed by atoms with E-state index >= 15 is 0 Å². The van der Waals surface area contributed by atoms with Gasteiger partial charge in [-0.05, 0) is 56.2 Å². The van der Waals surface area contributed by atoms with Crippen LogP contribution >= 0.6 is 11.3 Å². The van der Waals surface area contributed by atoms with Gasteiger partial charge in [-0.2, -0.15) is 0 Å². The van der Waals surface area contributed by atoms with Crippen LogP contribution in [0, 0.1) is 0 Å². The van der Waals surface area contributed by atoms with Crippen molar-refractivity contribution in [2.24, 2.45) is 0 Å². The minimum Gasteiger partial charge on any atom is -0.371 e. The van der Waals surface area contributed by atoms with E-state index < -0.39 is 10.0 Å². The third-order valence-electron chi connectivity index (χ3n) is 4.97. The summed E-state index contributed by atoms with van der Waals surface area (Å²) in [7, 11) is -3.48. The number of hydrogen-bond donors (Lipinski definition) is 2. The van der Waals surface area contributed by atoms with Crippen LogP contribution in [0.25, 0.3) is 0 Å². The molecule has 1 aromatic heterocycles. The van der Waals surface area contributed by atoms with Gasteiger partial charge >= 0.3 is 6.03 Å². The van der Waals surface area contributed by atoms with Crippen LogP contribution in [0.2, 0.25) is 0 Å². The van der Waals surface area contributed by atoms with Crippen molar-refractivity contribution in [2.45, 2.75) is 62.6 Å². The van der Waals surface area contributed by atoms with Gasteiger partial charge in [-0.1, -0.05) is 30.3 Å². The zero-order valence-electron chi connectivity index (χ0n) is 18.3. The number of ether oxygens (including phenoxy) is 1. The number of nitrogens with zero attached hydrogens (tertiary/aromatic N) is 1. The Labute approximate surface area is 188 Å². The Morgan fingerprint density at radius 1 is 1.16 bits per heavy atom. The van der Waals surface area contributed by atoms with E-state index in [2.05, 4.69) is 10.0 Å². The van der Waals surface area contributed by atoms with E-state index in [1.165, 1.54) is 11.3 Å². The van der Waals surface area contributed by atoms with Crippen LogP contribution in [0.1, 0.15) is 44.7 Å². The maximum Gasteiger partial charge on any atom is 0.317 e. The fourth-order valence-corrected chi connectivity index (χ4v) is 5.63. The highest BCUT2D eigenvalue weighted by Gasteiger charge is 2.27. The standard InChI is InChI=1S/C22H31N3O4S2/c1-22(2,3)29-16-18-7-4-6-17(14-18)15-23-21(26)25-11-9-19(10-12-25)24-31(27,28)20-8-5-13-30-20/h4-8,13-14,19,24H,9-12,15-16H2,1-3H3,(H,23,26). The highest BCUT2D eigenvalue weighted by Crippen LogP contribution is 2.19. The molecule has 0 unspecified atom stereocenters. The molecule has 2 heterocycles. The van der Waals surface area contributed by atoms with Crippen molar-refractivity contribution >= 4 is 27.4 Å². The van der Waals surface area contributed by atoms with E-state index in [-0.39, 0.29) is 17.7 Å². The van der Waals surface area contributed by atoms with Crippen molar-refractivity contribution in [1.82, 2.24) is 14.9 Å². The fourth-order valence-electron chi connectivity index (χ4n) is 3.31. The minimum atomic E-state index is -3.48. The molecule has 9 heteroatoms. The van der Waals surface area contributed by atoms with Gasteiger partial charge in [0.2, 0.25) is 10.0 Å². The van der Waals surface area contributed by atoms with Crippen LogP contribution < -0.4 is 10.0 Å². The van der Waals surface area contributed by atoms with Crippen molar-refractivity contribution < 1.29 is 17.9 Å². The largest absolute Gasteiger partial charge is 0.371 e. The number of rotatable bonds is 7. The maximum absolute atomic E-state index is 12.5. The molecule has 7 nitrogen and oxygen atoms in total. The van der Waals surface area contributed by atoms with Crippen LogP contribution in [-0.2, 0) is 27.9 Å². The number of benzene rings is 1. The first kappa shape index (κ1) is 23.7. The van der Waals surface area contributed by atoms with Crippen LogP contribution in [-0.4, -0.2) is 44.1 Å². The molecule has 0 bridgehead atoms. The SMILES string of the molecule is CC(C)(C)OCc1cccc(CNC(=O)N2CCC(NS(=O)(=O)c3cccs3)CC2)c1. The molecule has 1 fully saturated rings. The van der Waals surface area contributed by atoms with Gasteiger partial charge in [0, 0.05) is 25.7 Å². The smallest absolute Gasteiger partial charge is 0.317 e. The van der Waals surface area contributed by atoms with Gasteiger partial charge in [0.1, 0.15) is 4.21 Å². The van der Waals surface area contributed by atoms with Gasteiger partial charge < -0.3 is 15.0 Å². The molecule has 0 saturated carbocycles. The van der Waals surface area contributed by atoms with Gasteiger partial charge in [-0.25, -0.2) is 17.9 Å². The molecule has 1 aromatic carbocycles. The van der Waals surface area contributed by atoms with E-state index in [1.54, 1.807) is 22.4 Å². The van der Waals surface area contributed by atoms with Crippen molar-refractivity contribution in [3.63, 3.8) is 0 Å². The Kier molecular flexibility index (Phi) is 7.74. The zero-order valence-corrected chi connectivity index (χ0v) is 19.9. The third kappa shape index (κ3) is 7.31. The predicted molar refractivity (Wildman–Crippen MR) is 122 cm³/mol. The number of likely N-dealkylation sites (tertiary alicyclic amines) is 1. The van der Waals surface area contributed by atoms with Gasteiger partial charge in [0.25, 0.3) is 0 Å². The summed E-state index contributed by atoms with van der Waals surface area (Å²) in [6, 6.07) is 11.0. The number of carbonyl (C=O) groups excluding carboxylic acids is 1. The van der Waals surface area contributed by atoms with E-state index in [1.807, 2.05) is 45.0 Å². The lowest BCUT2D eigenvalue weighted by atomic mass is 10.1. The van der Waals surface area contributed by atoms with E-state index in [0.717, 1.165) is 11.1 Å². The van der Waals surface area contributed by atoms with Crippen LogP contribution in [0.3, 0.4) is 0 Å². The summed E-state index contributed by atoms with van der Waals surface area (Å²) in [5.41, 5.74) is 1.89. The molecule has 31 heavy (non-hydrogen) atoms. The van der Waals surface area contributed by atoms with Gasteiger partial charge in [-0.15, -0.1) is 11.3 Å². The first-order chi connectivity index (χ1) is 14.6. The molecule has 3 rings (SSSR count). The van der Waals surface area contributed by atoms with Crippen molar-refractivity contribution in [2.75, 3.05) is 13.1 Å². The van der Waals surface area contributed by atoms with Crippen LogP contribution in [0.15, 0.2) is 46.0 Å². The quantitative estimate of drug-likeness (QED) is 0.652. The molecule has 2 N–H and O–H groups in total. The molecular weight excluding hydrogens is 434 g/mol. The van der Waals surface area contributed by atoms with Crippen molar-refractivity contribution in [1.29, 1.82) is 0 Å². The average molecular weight is 466 g/mol. The molecule has 1 aliphatic rings. The topological polar surface area (TPSA) is 87.7 Å². The summed E-state index contributed by atoms with van der Waals surface area (Å²) in [6.45, 7) is 8.06. The number of piperidine rings is 1. The molecule has 0 spiro atoms. The Balaban J connectivity index is 1.44. The molecule has 1 saturated heterocycles. The number of sulfonamides is 1. The van der Waals surface area contributed by atoms with E-state index in [4.69, 9.17) is 4.74 Å². The molecule has 0 aliphatic carbocycles. The lowest BCUT2D eigenvalue weighted by molar-refractivity contribution is -0.0149. The fraction of sp³-hybridized carbons (Fsp3) is 0.500. The highest BCUT2D eigenvalue weighted by atomic mass is 32.2. The van der Waals surface area contributed by atoms with E-state index in [0.29, 0.717) is 43.3 Å². The van der Waals surface area contributed by atoms with Gasteiger partial charge in [0.05, 0.1) is 12.2 Å². The molecule has 1 aliphatic heterocycles. The molecule has 0 radical (unpaired) electrons. The van der Waals surface area contributed by atoms with Gasteiger partial charge in [0.15, 0.2) is 0 Å². The summed E-state index contributed by atoms with van der Waals surface area (Å²) < 4.78 is 33.6. The third-order valence-corrected chi connectivity index (χ3v) is 7.89. The average Bonchev–Trinajstić information content (AvgIpc) is 3.27. The predicted octanol–water partition coefficient (Wildman–Crippen LogP) is 3.72. The van der Waals surface area contributed by atoms with Crippen molar-refractivity contribution in [3.8, 4) is 0 Å². The summed E-state index contributed by atoms with van der Waals surface area (Å²) in [6.07, 6.45) is 1.19. The number of carbonyl (C=O) groups is 1. The Bertz CT molecular complexity index is 961. The summed E-state index contributed by atoms with van der Waals surface area (Å²) in [4.78, 5) is 14.3. The summed E-state index contributed by atoms with van der Waals surface area (Å²) in [5.74, 6) is 0. The molecule has 2 aromatic rings. The van der Waals surface area contributed by atoms with Crippen LogP contribution in [0.5, 0.6) is 0 Å². The lowest BCUT2D eigenvalue weighted by Gasteiger charge is -2.32. The highest BCUT2D eigenvalue weighted by molar-refractivity contribution is 7.91. The molecule has 170 valence electrons. The van der Waals surface area contributed by atoms with Gasteiger partial charge in [-0.3, -0.25) is 0 Å². The second-order valence-electron chi connectivity index (χ2n) is 8.69. The summed E-state index contributed by atoms with van der Waals surface area (Å²) >= 11 is 1.20. The number of urea groups is 1. The van der Waals surface area contributed by atoms with E-state index in [9.17, 15) is 13.2 Å². The Morgan fingerprint density at radius 2 is 1.87 bits per heavy atom. The van der Waals surface area contributed by atoms with Crippen LogP contribution in [0.4, 0.5) is 4.79 Å². The first-order valence-electron chi connectivity index (χ1n) is 10.4. The maximum atomic E-state index is 12.5. The molecule has 2 amide bonds. The Morgan fingerprint density at radius 3 is 2.52 bits per heavy atom. The second kappa shape index (κ2) is 10.1. The number of nitrogens with one attached hydrogen (secondary N) is 2. The molecular formula is C22H31N3O4S2. The zero-order chi connectivity index (χ0) is 22.5. The van der Waals surface area contributed by atoms with Crippen molar-refractivity contribution in [3.05, 3.63) is 52.9 Å². The monoisotopic (exact) mass is 465 g/mol. The Hall–Kier alpha value is -1.94. The first-order valence-corrected chi connectivity index (χ1v) is 12.8.